The molecule has 0 bridgehead atoms. The number of anilines is 1. The van der Waals surface area contributed by atoms with E-state index in [1.165, 1.54) is 31.4 Å². The molecular weight excluding hydrogens is 336 g/mol. The first-order valence-electron chi connectivity index (χ1n) is 7.76. The smallest absolute Gasteiger partial charge is 0.335 e. The lowest BCUT2D eigenvalue weighted by atomic mass is 10.1. The molecule has 4 amide bonds. The summed E-state index contributed by atoms with van der Waals surface area (Å²) in [5.41, 5.74) is 1.61. The number of hydrogen-bond acceptors (Lipinski definition) is 5. The van der Waals surface area contributed by atoms with E-state index in [0.717, 1.165) is 10.5 Å². The van der Waals surface area contributed by atoms with Crippen molar-refractivity contribution in [2.75, 3.05) is 12.0 Å². The number of nitrogens with one attached hydrogen (secondary N) is 1. The largest absolute Gasteiger partial charge is 0.504 e. The summed E-state index contributed by atoms with van der Waals surface area (Å²) in [6.45, 7) is 1.88. The van der Waals surface area contributed by atoms with Crippen LogP contribution in [0.2, 0.25) is 0 Å². The highest BCUT2D eigenvalue weighted by Gasteiger charge is 2.36. The van der Waals surface area contributed by atoms with Gasteiger partial charge in [-0.05, 0) is 42.8 Å². The van der Waals surface area contributed by atoms with Crippen LogP contribution >= 0.6 is 0 Å². The van der Waals surface area contributed by atoms with Crippen molar-refractivity contribution in [1.82, 2.24) is 5.32 Å². The number of methoxy groups -OCH3 is 1. The highest BCUT2D eigenvalue weighted by Crippen LogP contribution is 2.28. The van der Waals surface area contributed by atoms with Crippen LogP contribution in [0.25, 0.3) is 6.08 Å². The van der Waals surface area contributed by atoms with Crippen LogP contribution in [0, 0.1) is 6.92 Å². The predicted molar refractivity (Wildman–Crippen MR) is 94.8 cm³/mol. The number of urea groups is 1. The van der Waals surface area contributed by atoms with Crippen molar-refractivity contribution in [2.45, 2.75) is 6.92 Å². The van der Waals surface area contributed by atoms with Crippen LogP contribution in [-0.2, 0) is 9.59 Å². The van der Waals surface area contributed by atoms with Crippen molar-refractivity contribution in [2.24, 2.45) is 0 Å². The molecule has 26 heavy (non-hydrogen) atoms. The summed E-state index contributed by atoms with van der Waals surface area (Å²) in [4.78, 5) is 37.9. The molecule has 1 aliphatic rings. The Morgan fingerprint density at radius 2 is 1.77 bits per heavy atom. The molecule has 2 aromatic rings. The van der Waals surface area contributed by atoms with Gasteiger partial charge in [-0.25, -0.2) is 9.69 Å². The molecule has 132 valence electrons. The third-order valence-corrected chi connectivity index (χ3v) is 3.91. The first-order chi connectivity index (χ1) is 12.4. The van der Waals surface area contributed by atoms with E-state index >= 15 is 0 Å². The fourth-order valence-corrected chi connectivity index (χ4v) is 2.54. The maximum absolute atomic E-state index is 12.8. The van der Waals surface area contributed by atoms with Crippen molar-refractivity contribution in [1.29, 1.82) is 0 Å². The van der Waals surface area contributed by atoms with E-state index in [1.54, 1.807) is 24.3 Å². The minimum Gasteiger partial charge on any atom is -0.504 e. The molecule has 0 radical (unpaired) electrons. The summed E-state index contributed by atoms with van der Waals surface area (Å²) < 4.78 is 5.02. The number of nitrogens with zero attached hydrogens (tertiary/aromatic N) is 1. The van der Waals surface area contributed by atoms with Crippen molar-refractivity contribution in [3.63, 3.8) is 0 Å². The molecule has 0 spiro atoms. The minimum atomic E-state index is -0.802. The maximum Gasteiger partial charge on any atom is 0.335 e. The van der Waals surface area contributed by atoms with Gasteiger partial charge in [-0.2, -0.15) is 0 Å². The molecular formula is C19H16N2O5. The first kappa shape index (κ1) is 17.2. The van der Waals surface area contributed by atoms with Crippen molar-refractivity contribution >= 4 is 29.6 Å². The molecule has 1 saturated heterocycles. The van der Waals surface area contributed by atoms with Gasteiger partial charge in [0.25, 0.3) is 11.8 Å². The van der Waals surface area contributed by atoms with Crippen LogP contribution in [-0.4, -0.2) is 30.1 Å². The number of carbonyl (C=O) groups excluding carboxylic acids is 3. The van der Waals surface area contributed by atoms with Gasteiger partial charge in [-0.1, -0.05) is 23.8 Å². The molecule has 0 unspecified atom stereocenters. The number of rotatable bonds is 3. The number of carbonyl (C=O) groups is 3. The molecule has 2 N–H and O–H groups in total. The molecule has 7 nitrogen and oxygen atoms in total. The summed E-state index contributed by atoms with van der Waals surface area (Å²) >= 11 is 0. The van der Waals surface area contributed by atoms with E-state index in [-0.39, 0.29) is 17.1 Å². The third kappa shape index (κ3) is 3.14. The second-order valence-electron chi connectivity index (χ2n) is 5.72. The fourth-order valence-electron chi connectivity index (χ4n) is 2.54. The van der Waals surface area contributed by atoms with Gasteiger partial charge in [0, 0.05) is 0 Å². The minimum absolute atomic E-state index is 0.0643. The number of phenolic OH excluding ortho intramolecular Hbond substituents is 1. The van der Waals surface area contributed by atoms with Crippen LogP contribution in [0.3, 0.4) is 0 Å². The van der Waals surface area contributed by atoms with Crippen LogP contribution < -0.4 is 15.0 Å². The standard InChI is InChI=1S/C19H16N2O5/c1-11-3-6-13(7-4-11)21-18(24)14(17(23)20-19(21)25)9-12-5-8-15(22)16(10-12)26-2/h3-10,22H,1-2H3,(H,20,23,25)/b14-9-. The monoisotopic (exact) mass is 352 g/mol. The third-order valence-electron chi connectivity index (χ3n) is 3.91. The highest BCUT2D eigenvalue weighted by atomic mass is 16.5. The molecule has 1 fully saturated rings. The fraction of sp³-hybridized carbons (Fsp3) is 0.105. The van der Waals surface area contributed by atoms with Gasteiger partial charge in [0.15, 0.2) is 11.5 Å². The van der Waals surface area contributed by atoms with Crippen LogP contribution in [0.1, 0.15) is 11.1 Å². The van der Waals surface area contributed by atoms with Crippen LogP contribution in [0.4, 0.5) is 10.5 Å². The average molecular weight is 352 g/mol. The molecule has 0 aromatic heterocycles. The van der Waals surface area contributed by atoms with Gasteiger partial charge < -0.3 is 9.84 Å². The van der Waals surface area contributed by atoms with Gasteiger partial charge in [0.05, 0.1) is 12.8 Å². The van der Waals surface area contributed by atoms with Crippen molar-refractivity contribution in [3.05, 3.63) is 59.2 Å². The molecule has 2 aromatic carbocycles. The van der Waals surface area contributed by atoms with E-state index in [9.17, 15) is 19.5 Å². The summed E-state index contributed by atoms with van der Waals surface area (Å²) in [5, 5.41) is 11.8. The Kier molecular flexibility index (Phi) is 4.45. The number of hydrogen-bond donors (Lipinski definition) is 2. The SMILES string of the molecule is COc1cc(/C=C2/C(=O)NC(=O)N(c3ccc(C)cc3)C2=O)ccc1O. The normalized spacial score (nSPS) is 16.0. The van der Waals surface area contributed by atoms with Gasteiger partial charge in [0.1, 0.15) is 5.57 Å². The lowest BCUT2D eigenvalue weighted by Gasteiger charge is -2.26. The molecule has 3 rings (SSSR count). The number of ether oxygens (including phenoxy) is 1. The topological polar surface area (TPSA) is 95.9 Å². The number of phenols is 1. The summed E-state index contributed by atoms with van der Waals surface area (Å²) in [6, 6.07) is 10.4. The lowest BCUT2D eigenvalue weighted by molar-refractivity contribution is -0.122. The van der Waals surface area contributed by atoms with Crippen LogP contribution in [0.15, 0.2) is 48.0 Å². The number of aromatic hydroxyl groups is 1. The van der Waals surface area contributed by atoms with E-state index in [1.807, 2.05) is 6.92 Å². The molecule has 0 atom stereocenters. The average Bonchev–Trinajstić information content (AvgIpc) is 2.61. The second kappa shape index (κ2) is 6.72. The molecule has 7 heteroatoms. The first-order valence-corrected chi connectivity index (χ1v) is 7.76. The Labute approximate surface area is 149 Å². The van der Waals surface area contributed by atoms with Crippen molar-refractivity contribution < 1.29 is 24.2 Å². The zero-order valence-electron chi connectivity index (χ0n) is 14.1. The molecule has 1 aliphatic heterocycles. The summed E-state index contributed by atoms with van der Waals surface area (Å²) in [7, 11) is 1.39. The predicted octanol–water partition coefficient (Wildman–Crippen LogP) is 2.38. The van der Waals surface area contributed by atoms with Gasteiger partial charge in [-0.3, -0.25) is 14.9 Å². The number of benzene rings is 2. The Balaban J connectivity index is 2.01. The molecule has 1 heterocycles. The second-order valence-corrected chi connectivity index (χ2v) is 5.72. The Bertz CT molecular complexity index is 931. The summed E-state index contributed by atoms with van der Waals surface area (Å²) in [6.07, 6.45) is 1.34. The lowest BCUT2D eigenvalue weighted by Crippen LogP contribution is -2.54. The Morgan fingerprint density at radius 1 is 1.08 bits per heavy atom. The quantitative estimate of drug-likeness (QED) is 0.653. The van der Waals surface area contributed by atoms with Gasteiger partial charge in [-0.15, -0.1) is 0 Å². The Morgan fingerprint density at radius 3 is 2.42 bits per heavy atom. The van der Waals surface area contributed by atoms with Gasteiger partial charge in [0.2, 0.25) is 0 Å². The summed E-state index contributed by atoms with van der Waals surface area (Å²) in [5.74, 6) is -1.37. The van der Waals surface area contributed by atoms with E-state index in [0.29, 0.717) is 11.3 Å². The number of amides is 4. The van der Waals surface area contributed by atoms with E-state index < -0.39 is 17.8 Å². The van der Waals surface area contributed by atoms with Crippen molar-refractivity contribution in [3.8, 4) is 11.5 Å². The zero-order chi connectivity index (χ0) is 18.8. The van der Waals surface area contributed by atoms with Gasteiger partial charge >= 0.3 is 6.03 Å². The zero-order valence-corrected chi connectivity index (χ0v) is 14.1. The molecule has 0 aliphatic carbocycles. The van der Waals surface area contributed by atoms with E-state index in [4.69, 9.17) is 4.74 Å². The van der Waals surface area contributed by atoms with Crippen LogP contribution in [0.5, 0.6) is 11.5 Å². The Hall–Kier alpha value is -3.61. The maximum atomic E-state index is 12.8. The highest BCUT2D eigenvalue weighted by molar-refractivity contribution is 6.39. The number of barbiturate groups is 1. The number of aryl methyl sites for hydroxylation is 1. The molecule has 0 saturated carbocycles. The van der Waals surface area contributed by atoms with E-state index in [2.05, 4.69) is 5.32 Å². The number of imide groups is 2.